The quantitative estimate of drug-likeness (QED) is 0.765. The summed E-state index contributed by atoms with van der Waals surface area (Å²) in [6, 6.07) is 8.50. The summed E-state index contributed by atoms with van der Waals surface area (Å²) in [5.74, 6) is 1.42. The lowest BCUT2D eigenvalue weighted by atomic mass is 9.95. The van der Waals surface area contributed by atoms with Crippen molar-refractivity contribution in [3.8, 4) is 5.75 Å². The number of likely N-dealkylation sites (tertiary alicyclic amines) is 1. The number of nitrogens with zero attached hydrogens (tertiary/aromatic N) is 1. The number of rotatable bonds is 2. The highest BCUT2D eigenvalue weighted by atomic mass is 32.1. The molecule has 1 aromatic carbocycles. The van der Waals surface area contributed by atoms with Crippen molar-refractivity contribution in [3.63, 3.8) is 0 Å². The highest BCUT2D eigenvalue weighted by Crippen LogP contribution is 2.37. The lowest BCUT2D eigenvalue weighted by molar-refractivity contribution is 0.0205. The second kappa shape index (κ2) is 6.63. The third-order valence-electron chi connectivity index (χ3n) is 4.30. The van der Waals surface area contributed by atoms with Crippen LogP contribution in [-0.4, -0.2) is 36.8 Å². The fourth-order valence-electron chi connectivity index (χ4n) is 3.03. The van der Waals surface area contributed by atoms with E-state index in [1.807, 2.05) is 43.1 Å². The minimum Gasteiger partial charge on any atom is -0.497 e. The fraction of sp³-hybridized carbons (Fsp3) is 0.526. The summed E-state index contributed by atoms with van der Waals surface area (Å²) in [6.45, 7) is 7.24. The second-order valence-corrected chi connectivity index (χ2v) is 8.41. The van der Waals surface area contributed by atoms with E-state index in [-0.39, 0.29) is 6.09 Å². The number of thiophene rings is 1. The molecule has 1 aliphatic heterocycles. The SMILES string of the molecule is COc1ccc2cc(C3CCN(C(=O)OC(C)(C)C)CC3)sc2c1. The zero-order valence-corrected chi connectivity index (χ0v) is 15.6. The van der Waals surface area contributed by atoms with E-state index in [1.165, 1.54) is 15.0 Å². The number of hydrogen-bond acceptors (Lipinski definition) is 4. The summed E-state index contributed by atoms with van der Waals surface area (Å²) >= 11 is 1.84. The number of benzene rings is 1. The smallest absolute Gasteiger partial charge is 0.410 e. The molecule has 3 rings (SSSR count). The van der Waals surface area contributed by atoms with Crippen molar-refractivity contribution in [2.45, 2.75) is 45.1 Å². The van der Waals surface area contributed by atoms with E-state index in [0.717, 1.165) is 31.7 Å². The standard InChI is InChI=1S/C19H25NO3S/c1-19(2,3)23-18(21)20-9-7-13(8-10-20)16-11-14-5-6-15(22-4)12-17(14)24-16/h5-6,11-13H,7-10H2,1-4H3. The van der Waals surface area contributed by atoms with Gasteiger partial charge in [-0.1, -0.05) is 0 Å². The number of fused-ring (bicyclic) bond motifs is 1. The number of hydrogen-bond donors (Lipinski definition) is 0. The van der Waals surface area contributed by atoms with E-state index in [2.05, 4.69) is 18.2 Å². The van der Waals surface area contributed by atoms with Crippen molar-refractivity contribution in [2.75, 3.05) is 20.2 Å². The van der Waals surface area contributed by atoms with E-state index in [9.17, 15) is 4.79 Å². The summed E-state index contributed by atoms with van der Waals surface area (Å²) in [5.41, 5.74) is -0.432. The van der Waals surface area contributed by atoms with Gasteiger partial charge in [0.15, 0.2) is 0 Å². The van der Waals surface area contributed by atoms with E-state index >= 15 is 0 Å². The molecule has 4 nitrogen and oxygen atoms in total. The van der Waals surface area contributed by atoms with Gasteiger partial charge in [-0.25, -0.2) is 4.79 Å². The Morgan fingerprint density at radius 1 is 1.21 bits per heavy atom. The number of ether oxygens (including phenoxy) is 2. The van der Waals surface area contributed by atoms with Gasteiger partial charge in [-0.05, 0) is 69.2 Å². The molecule has 1 aliphatic rings. The summed E-state index contributed by atoms with van der Waals surface area (Å²) in [5, 5.41) is 1.27. The predicted octanol–water partition coefficient (Wildman–Crippen LogP) is 5.02. The first kappa shape index (κ1) is 17.1. The molecule has 1 fully saturated rings. The second-order valence-electron chi connectivity index (χ2n) is 7.29. The average molecular weight is 347 g/mol. The van der Waals surface area contributed by atoms with Crippen molar-refractivity contribution in [2.24, 2.45) is 0 Å². The van der Waals surface area contributed by atoms with Crippen LogP contribution in [0.4, 0.5) is 4.79 Å². The Morgan fingerprint density at radius 2 is 1.92 bits per heavy atom. The van der Waals surface area contributed by atoms with E-state index in [4.69, 9.17) is 9.47 Å². The molecule has 24 heavy (non-hydrogen) atoms. The Labute approximate surface area is 147 Å². The largest absolute Gasteiger partial charge is 0.497 e. The lowest BCUT2D eigenvalue weighted by Crippen LogP contribution is -2.41. The van der Waals surface area contributed by atoms with Crippen LogP contribution in [0.1, 0.15) is 44.4 Å². The highest BCUT2D eigenvalue weighted by Gasteiger charge is 2.28. The van der Waals surface area contributed by atoms with Crippen molar-refractivity contribution >= 4 is 27.5 Å². The molecule has 0 N–H and O–H groups in total. The zero-order chi connectivity index (χ0) is 17.3. The molecular weight excluding hydrogens is 322 g/mol. The van der Waals surface area contributed by atoms with Crippen LogP contribution in [0, 0.1) is 0 Å². The van der Waals surface area contributed by atoms with Gasteiger partial charge in [0.25, 0.3) is 0 Å². The van der Waals surface area contributed by atoms with E-state index in [0.29, 0.717) is 5.92 Å². The van der Waals surface area contributed by atoms with E-state index < -0.39 is 5.60 Å². The number of piperidine rings is 1. The Bertz CT molecular complexity index is 724. The Hall–Kier alpha value is -1.75. The third kappa shape index (κ3) is 3.83. The molecule has 1 aromatic heterocycles. The van der Waals surface area contributed by atoms with Crippen molar-refractivity contribution in [1.82, 2.24) is 4.90 Å². The lowest BCUT2D eigenvalue weighted by Gasteiger charge is -2.33. The van der Waals surface area contributed by atoms with Crippen molar-refractivity contribution < 1.29 is 14.3 Å². The van der Waals surface area contributed by atoms with Crippen LogP contribution in [0.2, 0.25) is 0 Å². The summed E-state index contributed by atoms with van der Waals surface area (Å²) in [4.78, 5) is 15.4. The molecule has 0 saturated carbocycles. The van der Waals surface area contributed by atoms with Crippen molar-refractivity contribution in [1.29, 1.82) is 0 Å². The van der Waals surface area contributed by atoms with Gasteiger partial charge >= 0.3 is 6.09 Å². The Kier molecular flexibility index (Phi) is 4.72. The first-order valence-electron chi connectivity index (χ1n) is 8.41. The van der Waals surface area contributed by atoms with E-state index in [1.54, 1.807) is 7.11 Å². The molecular formula is C19H25NO3S. The monoisotopic (exact) mass is 347 g/mol. The van der Waals surface area contributed by atoms with Gasteiger partial charge in [-0.3, -0.25) is 0 Å². The molecule has 0 radical (unpaired) electrons. The molecule has 0 bridgehead atoms. The maximum absolute atomic E-state index is 12.2. The molecule has 1 amide bonds. The molecule has 0 atom stereocenters. The maximum Gasteiger partial charge on any atom is 0.410 e. The Morgan fingerprint density at radius 3 is 2.54 bits per heavy atom. The van der Waals surface area contributed by atoms with Crippen LogP contribution in [0.3, 0.4) is 0 Å². The first-order valence-corrected chi connectivity index (χ1v) is 9.23. The summed E-state index contributed by atoms with van der Waals surface area (Å²) in [7, 11) is 1.70. The molecule has 0 aliphatic carbocycles. The third-order valence-corrected chi connectivity index (χ3v) is 5.56. The van der Waals surface area contributed by atoms with Gasteiger partial charge in [-0.2, -0.15) is 0 Å². The van der Waals surface area contributed by atoms with Crippen LogP contribution >= 0.6 is 11.3 Å². The maximum atomic E-state index is 12.2. The average Bonchev–Trinajstić information content (AvgIpc) is 2.96. The molecule has 130 valence electrons. The normalized spacial score (nSPS) is 16.4. The number of methoxy groups -OCH3 is 1. The molecule has 0 spiro atoms. The number of amides is 1. The van der Waals surface area contributed by atoms with Crippen LogP contribution < -0.4 is 4.74 Å². The number of carbonyl (C=O) groups excluding carboxylic acids is 1. The van der Waals surface area contributed by atoms with Gasteiger partial charge in [0.05, 0.1) is 7.11 Å². The molecule has 2 heterocycles. The number of carbonyl (C=O) groups is 1. The molecule has 0 unspecified atom stereocenters. The van der Waals surface area contributed by atoms with Gasteiger partial charge in [0.1, 0.15) is 11.4 Å². The highest BCUT2D eigenvalue weighted by molar-refractivity contribution is 7.19. The van der Waals surface area contributed by atoms with Crippen LogP contribution in [-0.2, 0) is 4.74 Å². The fourth-order valence-corrected chi connectivity index (χ4v) is 4.30. The van der Waals surface area contributed by atoms with Crippen LogP contribution in [0.25, 0.3) is 10.1 Å². The topological polar surface area (TPSA) is 38.8 Å². The van der Waals surface area contributed by atoms with Crippen molar-refractivity contribution in [3.05, 3.63) is 29.1 Å². The summed E-state index contributed by atoms with van der Waals surface area (Å²) < 4.78 is 12.0. The van der Waals surface area contributed by atoms with Crippen LogP contribution in [0.5, 0.6) is 5.75 Å². The minimum atomic E-state index is -0.432. The first-order chi connectivity index (χ1) is 11.4. The minimum absolute atomic E-state index is 0.193. The zero-order valence-electron chi connectivity index (χ0n) is 14.8. The van der Waals surface area contributed by atoms with Gasteiger partial charge < -0.3 is 14.4 Å². The molecule has 1 saturated heterocycles. The predicted molar refractivity (Wildman–Crippen MR) is 98.2 cm³/mol. The molecule has 5 heteroatoms. The Balaban J connectivity index is 1.65. The van der Waals surface area contributed by atoms with Gasteiger partial charge in [-0.15, -0.1) is 11.3 Å². The molecule has 2 aromatic rings. The van der Waals surface area contributed by atoms with Gasteiger partial charge in [0.2, 0.25) is 0 Å². The van der Waals surface area contributed by atoms with Crippen LogP contribution in [0.15, 0.2) is 24.3 Å². The van der Waals surface area contributed by atoms with Gasteiger partial charge in [0, 0.05) is 22.7 Å². The summed E-state index contributed by atoms with van der Waals surface area (Å²) in [6.07, 6.45) is 1.79.